The van der Waals surface area contributed by atoms with Gasteiger partial charge in [-0.05, 0) is 18.2 Å². The second kappa shape index (κ2) is 5.25. The van der Waals surface area contributed by atoms with Crippen molar-refractivity contribution >= 4 is 17.7 Å². The molecule has 0 atom stereocenters. The fraction of sp³-hybridized carbons (Fsp3) is 0.667. The molecule has 12 heavy (non-hydrogen) atoms. The first-order valence-corrected chi connectivity index (χ1v) is 5.17. The van der Waals surface area contributed by atoms with E-state index in [4.69, 9.17) is 0 Å². The molecule has 0 aromatic rings. The van der Waals surface area contributed by atoms with E-state index in [0.717, 1.165) is 5.25 Å². The first-order chi connectivity index (χ1) is 5.83. The van der Waals surface area contributed by atoms with Gasteiger partial charge in [0.2, 0.25) is 0 Å². The van der Waals surface area contributed by atoms with Crippen LogP contribution in [0.4, 0.5) is 0 Å². The third-order valence-electron chi connectivity index (χ3n) is 1.98. The molecule has 0 spiro atoms. The Morgan fingerprint density at radius 2 is 2.17 bits per heavy atom. The van der Waals surface area contributed by atoms with Crippen molar-refractivity contribution in [3.05, 3.63) is 11.5 Å². The molecule has 0 unspecified atom stereocenters. The summed E-state index contributed by atoms with van der Waals surface area (Å²) in [5, 5.41) is 2.58. The van der Waals surface area contributed by atoms with Gasteiger partial charge in [0.25, 0.3) is 0 Å². The molecule has 0 aliphatic heterocycles. The second-order valence-electron chi connectivity index (χ2n) is 2.87. The lowest BCUT2D eigenvalue weighted by Gasteiger charge is -2.01. The van der Waals surface area contributed by atoms with Gasteiger partial charge < -0.3 is 4.74 Å². The maximum atomic E-state index is 10.7. The minimum atomic E-state index is -0.263. The summed E-state index contributed by atoms with van der Waals surface area (Å²) in [5.74, 6) is -0.263. The van der Waals surface area contributed by atoms with Gasteiger partial charge in [-0.3, -0.25) is 0 Å². The SMILES string of the molecule is COC(=O)C=CSC1CCCC1. The zero-order chi connectivity index (χ0) is 8.81. The summed E-state index contributed by atoms with van der Waals surface area (Å²) < 4.78 is 4.48. The van der Waals surface area contributed by atoms with Gasteiger partial charge in [-0.15, -0.1) is 11.8 Å². The molecule has 0 radical (unpaired) electrons. The molecule has 68 valence electrons. The summed E-state index contributed by atoms with van der Waals surface area (Å²) in [6.07, 6.45) is 6.74. The van der Waals surface area contributed by atoms with E-state index in [1.165, 1.54) is 38.9 Å². The fourth-order valence-electron chi connectivity index (χ4n) is 1.30. The minimum Gasteiger partial charge on any atom is -0.466 e. The van der Waals surface area contributed by atoms with Crippen LogP contribution in [0.3, 0.4) is 0 Å². The Morgan fingerprint density at radius 1 is 1.50 bits per heavy atom. The van der Waals surface area contributed by atoms with Crippen LogP contribution in [0, 0.1) is 0 Å². The van der Waals surface area contributed by atoms with Crippen LogP contribution in [0.25, 0.3) is 0 Å². The monoisotopic (exact) mass is 186 g/mol. The Kier molecular flexibility index (Phi) is 4.22. The van der Waals surface area contributed by atoms with E-state index in [-0.39, 0.29) is 5.97 Å². The molecule has 3 heteroatoms. The van der Waals surface area contributed by atoms with Gasteiger partial charge in [0.1, 0.15) is 0 Å². The number of rotatable bonds is 3. The van der Waals surface area contributed by atoms with Crippen LogP contribution in [0.15, 0.2) is 11.5 Å². The average molecular weight is 186 g/mol. The maximum Gasteiger partial charge on any atom is 0.330 e. The number of methoxy groups -OCH3 is 1. The van der Waals surface area contributed by atoms with E-state index in [1.54, 1.807) is 11.8 Å². The second-order valence-corrected chi connectivity index (χ2v) is 4.08. The Labute approximate surface area is 77.4 Å². The number of esters is 1. The Bertz CT molecular complexity index is 171. The van der Waals surface area contributed by atoms with Crippen LogP contribution >= 0.6 is 11.8 Å². The number of thioether (sulfide) groups is 1. The lowest BCUT2D eigenvalue weighted by atomic mass is 10.4. The molecule has 0 saturated heterocycles. The molecular formula is C9H14O2S. The highest BCUT2D eigenvalue weighted by atomic mass is 32.2. The Hall–Kier alpha value is -0.440. The number of hydrogen-bond acceptors (Lipinski definition) is 3. The molecular weight excluding hydrogens is 172 g/mol. The summed E-state index contributed by atoms with van der Waals surface area (Å²) in [6.45, 7) is 0. The minimum absolute atomic E-state index is 0.263. The van der Waals surface area contributed by atoms with Gasteiger partial charge in [-0.25, -0.2) is 4.79 Å². The van der Waals surface area contributed by atoms with Gasteiger partial charge in [0.05, 0.1) is 7.11 Å². The quantitative estimate of drug-likeness (QED) is 0.500. The number of hydrogen-bond donors (Lipinski definition) is 0. The molecule has 0 bridgehead atoms. The van der Waals surface area contributed by atoms with Gasteiger partial charge in [-0.2, -0.15) is 0 Å². The number of carbonyl (C=O) groups is 1. The van der Waals surface area contributed by atoms with E-state index >= 15 is 0 Å². The molecule has 0 heterocycles. The van der Waals surface area contributed by atoms with Crippen molar-refractivity contribution in [1.82, 2.24) is 0 Å². The lowest BCUT2D eigenvalue weighted by molar-refractivity contribution is -0.134. The van der Waals surface area contributed by atoms with Crippen molar-refractivity contribution in [2.24, 2.45) is 0 Å². The number of ether oxygens (including phenoxy) is 1. The van der Waals surface area contributed by atoms with Gasteiger partial charge in [0.15, 0.2) is 0 Å². The summed E-state index contributed by atoms with van der Waals surface area (Å²) in [7, 11) is 1.40. The lowest BCUT2D eigenvalue weighted by Crippen LogP contribution is -1.94. The predicted molar refractivity (Wildman–Crippen MR) is 51.0 cm³/mol. The molecule has 1 aliphatic rings. The van der Waals surface area contributed by atoms with Crippen LogP contribution in [0.2, 0.25) is 0 Å². The molecule has 1 rings (SSSR count). The Balaban J connectivity index is 2.15. The van der Waals surface area contributed by atoms with Crippen molar-refractivity contribution < 1.29 is 9.53 Å². The van der Waals surface area contributed by atoms with Crippen LogP contribution < -0.4 is 0 Å². The summed E-state index contributed by atoms with van der Waals surface area (Å²) in [5.41, 5.74) is 0. The third-order valence-corrected chi connectivity index (χ3v) is 3.13. The molecule has 0 aromatic carbocycles. The highest BCUT2D eigenvalue weighted by Gasteiger charge is 2.13. The number of carbonyl (C=O) groups excluding carboxylic acids is 1. The topological polar surface area (TPSA) is 26.3 Å². The summed E-state index contributed by atoms with van der Waals surface area (Å²) in [4.78, 5) is 10.7. The van der Waals surface area contributed by atoms with E-state index in [0.29, 0.717) is 0 Å². The average Bonchev–Trinajstić information content (AvgIpc) is 2.57. The Morgan fingerprint density at radius 3 is 2.75 bits per heavy atom. The largest absolute Gasteiger partial charge is 0.466 e. The van der Waals surface area contributed by atoms with Crippen molar-refractivity contribution in [2.75, 3.05) is 7.11 Å². The first-order valence-electron chi connectivity index (χ1n) is 4.23. The fourth-order valence-corrected chi connectivity index (χ4v) is 2.32. The van der Waals surface area contributed by atoms with Crippen molar-refractivity contribution in [3.63, 3.8) is 0 Å². The van der Waals surface area contributed by atoms with Gasteiger partial charge in [0, 0.05) is 11.3 Å². The summed E-state index contributed by atoms with van der Waals surface area (Å²) in [6, 6.07) is 0. The van der Waals surface area contributed by atoms with E-state index in [2.05, 4.69) is 4.74 Å². The van der Waals surface area contributed by atoms with E-state index < -0.39 is 0 Å². The van der Waals surface area contributed by atoms with Gasteiger partial charge in [-0.1, -0.05) is 12.8 Å². The molecule has 1 saturated carbocycles. The zero-order valence-corrected chi connectivity index (χ0v) is 8.10. The van der Waals surface area contributed by atoms with E-state index in [9.17, 15) is 4.79 Å². The van der Waals surface area contributed by atoms with Gasteiger partial charge >= 0.3 is 5.97 Å². The van der Waals surface area contributed by atoms with E-state index in [1.807, 2.05) is 5.41 Å². The molecule has 0 N–H and O–H groups in total. The third kappa shape index (κ3) is 3.30. The molecule has 1 fully saturated rings. The highest BCUT2D eigenvalue weighted by Crippen LogP contribution is 2.29. The van der Waals surface area contributed by atoms with Crippen LogP contribution in [0.1, 0.15) is 25.7 Å². The molecule has 0 aromatic heterocycles. The van der Waals surface area contributed by atoms with Crippen LogP contribution in [-0.2, 0) is 9.53 Å². The predicted octanol–water partition coefficient (Wildman–Crippen LogP) is 2.35. The standard InChI is InChI=1S/C9H14O2S/c1-11-9(10)6-7-12-8-4-2-3-5-8/h6-8H,2-5H2,1H3. The normalized spacial score (nSPS) is 18.8. The molecule has 2 nitrogen and oxygen atoms in total. The maximum absolute atomic E-state index is 10.7. The van der Waals surface area contributed by atoms with Crippen LogP contribution in [0.5, 0.6) is 0 Å². The molecule has 0 amide bonds. The smallest absolute Gasteiger partial charge is 0.330 e. The zero-order valence-electron chi connectivity index (χ0n) is 7.29. The van der Waals surface area contributed by atoms with Crippen molar-refractivity contribution in [3.8, 4) is 0 Å². The van der Waals surface area contributed by atoms with Crippen molar-refractivity contribution in [2.45, 2.75) is 30.9 Å². The summed E-state index contributed by atoms with van der Waals surface area (Å²) >= 11 is 1.75. The first kappa shape index (κ1) is 9.65. The van der Waals surface area contributed by atoms with Crippen molar-refractivity contribution in [1.29, 1.82) is 0 Å². The van der Waals surface area contributed by atoms with Crippen LogP contribution in [-0.4, -0.2) is 18.3 Å². The molecule has 1 aliphatic carbocycles. The highest BCUT2D eigenvalue weighted by molar-refractivity contribution is 8.02.